The van der Waals surface area contributed by atoms with Gasteiger partial charge in [-0.2, -0.15) is 5.26 Å². The first-order valence-electron chi connectivity index (χ1n) is 9.75. The van der Waals surface area contributed by atoms with Crippen molar-refractivity contribution in [2.24, 2.45) is 5.92 Å². The van der Waals surface area contributed by atoms with E-state index in [1.165, 1.54) is 18.2 Å². The number of carbonyl (C=O) groups is 2. The molecule has 3 amide bonds. The van der Waals surface area contributed by atoms with Gasteiger partial charge in [0.05, 0.1) is 5.56 Å². The molecular formula is C22H23FN4O3. The number of nitrogens with zero attached hydrogens (tertiary/aromatic N) is 2. The molecule has 0 spiro atoms. The largest absolute Gasteiger partial charge is 0.482 e. The van der Waals surface area contributed by atoms with Crippen molar-refractivity contribution in [2.75, 3.05) is 31.6 Å². The standard InChI is InChI=1S/C22H23FN4O3/c23-18-7-3-8-19(11-18)26-22(29)25-13-16-5-4-10-27(14-16)21(28)15-30-20-9-2-1-6-17(20)12-24/h1-3,6-9,11,16H,4-5,10,13-15H2,(H2,25,26,29). The third-order valence-corrected chi connectivity index (χ3v) is 4.86. The summed E-state index contributed by atoms with van der Waals surface area (Å²) in [6.07, 6.45) is 1.72. The van der Waals surface area contributed by atoms with Gasteiger partial charge >= 0.3 is 6.03 Å². The van der Waals surface area contributed by atoms with Crippen molar-refractivity contribution in [3.05, 3.63) is 59.9 Å². The van der Waals surface area contributed by atoms with Gasteiger partial charge in [-0.3, -0.25) is 4.79 Å². The summed E-state index contributed by atoms with van der Waals surface area (Å²) < 4.78 is 18.7. The first kappa shape index (κ1) is 21.1. The van der Waals surface area contributed by atoms with Crippen molar-refractivity contribution in [1.82, 2.24) is 10.2 Å². The minimum atomic E-state index is -0.422. The van der Waals surface area contributed by atoms with Gasteiger partial charge in [0.15, 0.2) is 6.61 Å². The average Bonchev–Trinajstić information content (AvgIpc) is 2.76. The van der Waals surface area contributed by atoms with Crippen LogP contribution in [0.2, 0.25) is 0 Å². The fourth-order valence-electron chi connectivity index (χ4n) is 3.35. The molecular weight excluding hydrogens is 387 g/mol. The molecule has 1 heterocycles. The Kier molecular flexibility index (Phi) is 7.22. The Balaban J connectivity index is 1.44. The number of anilines is 1. The number of para-hydroxylation sites is 1. The lowest BCUT2D eigenvalue weighted by atomic mass is 9.98. The van der Waals surface area contributed by atoms with E-state index in [1.54, 1.807) is 35.2 Å². The quantitative estimate of drug-likeness (QED) is 0.765. The second-order valence-electron chi connectivity index (χ2n) is 7.09. The maximum absolute atomic E-state index is 13.2. The van der Waals surface area contributed by atoms with Crippen molar-refractivity contribution in [2.45, 2.75) is 12.8 Å². The molecule has 1 atom stereocenters. The normalized spacial score (nSPS) is 15.7. The Morgan fingerprint density at radius 1 is 1.23 bits per heavy atom. The highest BCUT2D eigenvalue weighted by molar-refractivity contribution is 5.89. The number of hydrogen-bond donors (Lipinski definition) is 2. The highest BCUT2D eigenvalue weighted by atomic mass is 19.1. The maximum atomic E-state index is 13.2. The summed E-state index contributed by atoms with van der Waals surface area (Å²) in [4.78, 5) is 26.3. The monoisotopic (exact) mass is 410 g/mol. The Labute approximate surface area is 174 Å². The maximum Gasteiger partial charge on any atom is 0.319 e. The van der Waals surface area contributed by atoms with Crippen LogP contribution in [0.4, 0.5) is 14.9 Å². The van der Waals surface area contributed by atoms with Crippen molar-refractivity contribution in [3.8, 4) is 11.8 Å². The van der Waals surface area contributed by atoms with E-state index in [4.69, 9.17) is 10.00 Å². The number of carbonyl (C=O) groups excluding carboxylic acids is 2. The summed E-state index contributed by atoms with van der Waals surface area (Å²) >= 11 is 0. The van der Waals surface area contributed by atoms with Crippen LogP contribution in [0, 0.1) is 23.1 Å². The van der Waals surface area contributed by atoms with E-state index in [9.17, 15) is 14.0 Å². The summed E-state index contributed by atoms with van der Waals surface area (Å²) in [5.74, 6) is -0.0737. The molecule has 156 valence electrons. The number of amides is 3. The van der Waals surface area contributed by atoms with Crippen molar-refractivity contribution >= 4 is 17.6 Å². The van der Waals surface area contributed by atoms with Crippen LogP contribution in [0.3, 0.4) is 0 Å². The van der Waals surface area contributed by atoms with Crippen LogP contribution in [-0.2, 0) is 4.79 Å². The first-order chi connectivity index (χ1) is 14.5. The summed E-state index contributed by atoms with van der Waals surface area (Å²) in [6.45, 7) is 1.42. The molecule has 30 heavy (non-hydrogen) atoms. The molecule has 1 saturated heterocycles. The van der Waals surface area contributed by atoms with Crippen molar-refractivity contribution < 1.29 is 18.7 Å². The number of ether oxygens (including phenoxy) is 1. The Bertz CT molecular complexity index is 944. The number of hydrogen-bond acceptors (Lipinski definition) is 4. The van der Waals surface area contributed by atoms with E-state index in [1.807, 2.05) is 6.07 Å². The molecule has 0 aromatic heterocycles. The van der Waals surface area contributed by atoms with Gasteiger partial charge in [-0.1, -0.05) is 18.2 Å². The van der Waals surface area contributed by atoms with E-state index in [0.717, 1.165) is 12.8 Å². The number of rotatable bonds is 6. The van der Waals surface area contributed by atoms with Crippen LogP contribution in [0.15, 0.2) is 48.5 Å². The molecule has 8 heteroatoms. The fraction of sp³-hybridized carbons (Fsp3) is 0.318. The molecule has 2 aromatic rings. The molecule has 0 radical (unpaired) electrons. The lowest BCUT2D eigenvalue weighted by Crippen LogP contribution is -2.45. The lowest BCUT2D eigenvalue weighted by molar-refractivity contribution is -0.135. The molecule has 2 N–H and O–H groups in total. The molecule has 3 rings (SSSR count). The number of benzene rings is 2. The zero-order valence-corrected chi connectivity index (χ0v) is 16.4. The van der Waals surface area contributed by atoms with Crippen LogP contribution in [0.5, 0.6) is 5.75 Å². The third kappa shape index (κ3) is 5.95. The highest BCUT2D eigenvalue weighted by Crippen LogP contribution is 2.19. The Hall–Kier alpha value is -3.60. The van der Waals surface area contributed by atoms with E-state index in [-0.39, 0.29) is 18.4 Å². The van der Waals surface area contributed by atoms with E-state index in [0.29, 0.717) is 36.6 Å². The zero-order valence-electron chi connectivity index (χ0n) is 16.4. The van der Waals surface area contributed by atoms with Crippen LogP contribution >= 0.6 is 0 Å². The molecule has 1 aliphatic heterocycles. The Morgan fingerprint density at radius 2 is 2.07 bits per heavy atom. The van der Waals surface area contributed by atoms with Crippen LogP contribution < -0.4 is 15.4 Å². The second kappa shape index (κ2) is 10.3. The average molecular weight is 410 g/mol. The van der Waals surface area contributed by atoms with Gasteiger partial charge in [0.2, 0.25) is 0 Å². The van der Waals surface area contributed by atoms with Gasteiger partial charge in [0.25, 0.3) is 5.91 Å². The topological polar surface area (TPSA) is 94.5 Å². The van der Waals surface area contributed by atoms with E-state index in [2.05, 4.69) is 10.6 Å². The molecule has 7 nitrogen and oxygen atoms in total. The number of nitrogens with one attached hydrogen (secondary N) is 2. The van der Waals surface area contributed by atoms with E-state index < -0.39 is 11.8 Å². The van der Waals surface area contributed by atoms with Crippen LogP contribution in [-0.4, -0.2) is 43.1 Å². The van der Waals surface area contributed by atoms with Gasteiger partial charge in [-0.25, -0.2) is 9.18 Å². The van der Waals surface area contributed by atoms with E-state index >= 15 is 0 Å². The minimum Gasteiger partial charge on any atom is -0.482 e. The summed E-state index contributed by atoms with van der Waals surface area (Å²) in [5.41, 5.74) is 0.762. The minimum absolute atomic E-state index is 0.118. The molecule has 2 aromatic carbocycles. The predicted octanol–water partition coefficient (Wildman–Crippen LogP) is 3.14. The number of piperidine rings is 1. The van der Waals surface area contributed by atoms with Gasteiger partial charge in [-0.15, -0.1) is 0 Å². The summed E-state index contributed by atoms with van der Waals surface area (Å²) in [7, 11) is 0. The first-order valence-corrected chi connectivity index (χ1v) is 9.75. The number of nitriles is 1. The molecule has 0 aliphatic carbocycles. The lowest BCUT2D eigenvalue weighted by Gasteiger charge is -2.32. The summed E-state index contributed by atoms with van der Waals surface area (Å²) in [5, 5.41) is 14.5. The molecule has 1 aliphatic rings. The molecule has 1 fully saturated rings. The van der Waals surface area contributed by atoms with Crippen molar-refractivity contribution in [1.29, 1.82) is 5.26 Å². The van der Waals surface area contributed by atoms with Gasteiger partial charge in [-0.05, 0) is 49.1 Å². The number of likely N-dealkylation sites (tertiary alicyclic amines) is 1. The smallest absolute Gasteiger partial charge is 0.319 e. The summed E-state index contributed by atoms with van der Waals surface area (Å²) in [6, 6.07) is 14.1. The van der Waals surface area contributed by atoms with Gasteiger partial charge in [0.1, 0.15) is 17.6 Å². The SMILES string of the molecule is N#Cc1ccccc1OCC(=O)N1CCCC(CNC(=O)Nc2cccc(F)c2)C1. The van der Waals surface area contributed by atoms with Crippen LogP contribution in [0.25, 0.3) is 0 Å². The fourth-order valence-corrected chi connectivity index (χ4v) is 3.35. The predicted molar refractivity (Wildman–Crippen MR) is 109 cm³/mol. The van der Waals surface area contributed by atoms with Gasteiger partial charge < -0.3 is 20.3 Å². The highest BCUT2D eigenvalue weighted by Gasteiger charge is 2.24. The Morgan fingerprint density at radius 3 is 2.87 bits per heavy atom. The van der Waals surface area contributed by atoms with Crippen LogP contribution in [0.1, 0.15) is 18.4 Å². The second-order valence-corrected chi connectivity index (χ2v) is 7.09. The van der Waals surface area contributed by atoms with Gasteiger partial charge in [0, 0.05) is 25.3 Å². The zero-order chi connectivity index (χ0) is 21.3. The molecule has 1 unspecified atom stereocenters. The number of urea groups is 1. The molecule has 0 saturated carbocycles. The third-order valence-electron chi connectivity index (χ3n) is 4.86. The van der Waals surface area contributed by atoms with Crippen molar-refractivity contribution in [3.63, 3.8) is 0 Å². The number of halogens is 1. The molecule has 0 bridgehead atoms.